The molecule has 0 radical (unpaired) electrons. The zero-order valence-corrected chi connectivity index (χ0v) is 13.1. The Hall–Kier alpha value is -0.940. The van der Waals surface area contributed by atoms with Gasteiger partial charge < -0.3 is 10.4 Å². The van der Waals surface area contributed by atoms with Crippen molar-refractivity contribution in [1.82, 2.24) is 10.2 Å². The van der Waals surface area contributed by atoms with Gasteiger partial charge in [0.05, 0.1) is 19.2 Å². The van der Waals surface area contributed by atoms with Crippen LogP contribution in [0, 0.1) is 5.92 Å². The quantitative estimate of drug-likeness (QED) is 0.762. The van der Waals surface area contributed by atoms with Crippen LogP contribution in [0.2, 0.25) is 0 Å². The van der Waals surface area contributed by atoms with Crippen LogP contribution in [0.5, 0.6) is 0 Å². The SMILES string of the molecule is CC(=O)C(NC(=O)CN1C(C)CCCC1CO)C(C)C. The molecule has 3 unspecified atom stereocenters. The monoisotopic (exact) mass is 284 g/mol. The minimum absolute atomic E-state index is 0.0150. The minimum Gasteiger partial charge on any atom is -0.395 e. The van der Waals surface area contributed by atoms with E-state index in [2.05, 4.69) is 17.1 Å². The van der Waals surface area contributed by atoms with Crippen LogP contribution in [0.4, 0.5) is 0 Å². The first-order valence-electron chi connectivity index (χ1n) is 7.53. The standard InChI is InChI=1S/C15H28N2O3/c1-10(2)15(12(4)19)16-14(20)8-17-11(3)6-5-7-13(17)9-18/h10-11,13,15,18H,5-9H2,1-4H3,(H,16,20). The highest BCUT2D eigenvalue weighted by atomic mass is 16.3. The first kappa shape index (κ1) is 17.1. The van der Waals surface area contributed by atoms with Crippen molar-refractivity contribution in [2.75, 3.05) is 13.2 Å². The molecule has 5 heteroatoms. The van der Waals surface area contributed by atoms with E-state index in [4.69, 9.17) is 0 Å². The van der Waals surface area contributed by atoms with Crippen LogP contribution in [0.3, 0.4) is 0 Å². The Kier molecular flexibility index (Phi) is 6.62. The number of hydrogen-bond donors (Lipinski definition) is 2. The van der Waals surface area contributed by atoms with Crippen LogP contribution in [-0.4, -0.2) is 53.0 Å². The Balaban J connectivity index is 2.61. The number of rotatable bonds is 6. The lowest BCUT2D eigenvalue weighted by Gasteiger charge is -2.39. The van der Waals surface area contributed by atoms with Crippen molar-refractivity contribution in [3.8, 4) is 0 Å². The van der Waals surface area contributed by atoms with Gasteiger partial charge in [0.25, 0.3) is 0 Å². The Morgan fingerprint density at radius 1 is 1.35 bits per heavy atom. The summed E-state index contributed by atoms with van der Waals surface area (Å²) in [5, 5.41) is 12.2. The van der Waals surface area contributed by atoms with E-state index in [1.165, 1.54) is 6.92 Å². The van der Waals surface area contributed by atoms with E-state index in [-0.39, 0.29) is 36.8 Å². The Bertz CT molecular complexity index is 344. The zero-order valence-electron chi connectivity index (χ0n) is 13.1. The summed E-state index contributed by atoms with van der Waals surface area (Å²) in [4.78, 5) is 25.7. The number of piperidine rings is 1. The summed E-state index contributed by atoms with van der Waals surface area (Å²) in [5.41, 5.74) is 0. The van der Waals surface area contributed by atoms with Gasteiger partial charge in [0, 0.05) is 12.1 Å². The second kappa shape index (κ2) is 7.74. The number of nitrogens with one attached hydrogen (secondary N) is 1. The molecule has 1 aliphatic heterocycles. The third-order valence-corrected chi connectivity index (χ3v) is 4.15. The summed E-state index contributed by atoms with van der Waals surface area (Å²) in [7, 11) is 0. The van der Waals surface area contributed by atoms with Crippen molar-refractivity contribution in [3.05, 3.63) is 0 Å². The van der Waals surface area contributed by atoms with E-state index in [1.54, 1.807) is 0 Å². The second-order valence-electron chi connectivity index (χ2n) is 6.19. The van der Waals surface area contributed by atoms with Crippen LogP contribution in [0.1, 0.15) is 47.0 Å². The van der Waals surface area contributed by atoms with Gasteiger partial charge in [0.2, 0.25) is 5.91 Å². The van der Waals surface area contributed by atoms with Crippen molar-refractivity contribution in [2.45, 2.75) is 65.1 Å². The van der Waals surface area contributed by atoms with Gasteiger partial charge in [-0.1, -0.05) is 20.3 Å². The summed E-state index contributed by atoms with van der Waals surface area (Å²) in [5.74, 6) is -0.0614. The van der Waals surface area contributed by atoms with Gasteiger partial charge in [0.1, 0.15) is 0 Å². The second-order valence-corrected chi connectivity index (χ2v) is 6.19. The van der Waals surface area contributed by atoms with Gasteiger partial charge in [-0.15, -0.1) is 0 Å². The van der Waals surface area contributed by atoms with E-state index in [0.29, 0.717) is 6.04 Å². The van der Waals surface area contributed by atoms with Gasteiger partial charge in [-0.2, -0.15) is 0 Å². The number of hydrogen-bond acceptors (Lipinski definition) is 4. The average molecular weight is 284 g/mol. The fourth-order valence-electron chi connectivity index (χ4n) is 2.94. The molecule has 2 N–H and O–H groups in total. The molecule has 0 aromatic rings. The molecule has 3 atom stereocenters. The van der Waals surface area contributed by atoms with E-state index < -0.39 is 6.04 Å². The number of Topliss-reactive ketones (excluding diaryl/α,β-unsaturated/α-hetero) is 1. The molecule has 5 nitrogen and oxygen atoms in total. The maximum Gasteiger partial charge on any atom is 0.234 e. The molecule has 0 aromatic carbocycles. The van der Waals surface area contributed by atoms with E-state index in [1.807, 2.05) is 13.8 Å². The van der Waals surface area contributed by atoms with E-state index in [0.717, 1.165) is 19.3 Å². The van der Waals surface area contributed by atoms with Crippen LogP contribution >= 0.6 is 0 Å². The van der Waals surface area contributed by atoms with Crippen molar-refractivity contribution < 1.29 is 14.7 Å². The summed E-state index contributed by atoms with van der Waals surface area (Å²) >= 11 is 0. The number of nitrogens with zero attached hydrogens (tertiary/aromatic N) is 1. The van der Waals surface area contributed by atoms with Crippen molar-refractivity contribution in [2.24, 2.45) is 5.92 Å². The van der Waals surface area contributed by atoms with Gasteiger partial charge in [-0.05, 0) is 32.6 Å². The van der Waals surface area contributed by atoms with Crippen LogP contribution in [0.15, 0.2) is 0 Å². The number of amides is 1. The lowest BCUT2D eigenvalue weighted by Crippen LogP contribution is -2.53. The van der Waals surface area contributed by atoms with Crippen molar-refractivity contribution >= 4 is 11.7 Å². The molecule has 0 aliphatic carbocycles. The van der Waals surface area contributed by atoms with Crippen molar-refractivity contribution in [3.63, 3.8) is 0 Å². The predicted molar refractivity (Wildman–Crippen MR) is 78.3 cm³/mol. The molecular weight excluding hydrogens is 256 g/mol. The lowest BCUT2D eigenvalue weighted by atomic mass is 9.96. The highest BCUT2D eigenvalue weighted by Crippen LogP contribution is 2.22. The predicted octanol–water partition coefficient (Wildman–Crippen LogP) is 0.951. The summed E-state index contributed by atoms with van der Waals surface area (Å²) in [6.07, 6.45) is 3.06. The molecule has 0 spiro atoms. The largest absolute Gasteiger partial charge is 0.395 e. The lowest BCUT2D eigenvalue weighted by molar-refractivity contribution is -0.129. The molecule has 1 saturated heterocycles. The van der Waals surface area contributed by atoms with Gasteiger partial charge >= 0.3 is 0 Å². The third kappa shape index (κ3) is 4.56. The zero-order chi connectivity index (χ0) is 15.3. The molecule has 0 saturated carbocycles. The number of aliphatic hydroxyl groups excluding tert-OH is 1. The molecular formula is C15H28N2O3. The normalized spacial score (nSPS) is 25.5. The first-order chi connectivity index (χ1) is 9.36. The molecule has 1 heterocycles. The average Bonchev–Trinajstić information content (AvgIpc) is 2.37. The number of aliphatic hydroxyl groups is 1. The Labute approximate surface area is 121 Å². The highest BCUT2D eigenvalue weighted by Gasteiger charge is 2.30. The van der Waals surface area contributed by atoms with Crippen LogP contribution < -0.4 is 5.32 Å². The molecule has 0 bridgehead atoms. The van der Waals surface area contributed by atoms with Crippen LogP contribution in [0.25, 0.3) is 0 Å². The maximum absolute atomic E-state index is 12.2. The van der Waals surface area contributed by atoms with Gasteiger partial charge in [0.15, 0.2) is 5.78 Å². The van der Waals surface area contributed by atoms with E-state index >= 15 is 0 Å². The molecule has 20 heavy (non-hydrogen) atoms. The number of carbonyl (C=O) groups is 2. The van der Waals surface area contributed by atoms with E-state index in [9.17, 15) is 14.7 Å². The summed E-state index contributed by atoms with van der Waals surface area (Å²) in [6.45, 7) is 7.77. The topological polar surface area (TPSA) is 69.6 Å². The number of likely N-dealkylation sites (tertiary alicyclic amines) is 1. The van der Waals surface area contributed by atoms with Gasteiger partial charge in [-0.3, -0.25) is 14.5 Å². The Morgan fingerprint density at radius 2 is 2.00 bits per heavy atom. The third-order valence-electron chi connectivity index (χ3n) is 4.15. The van der Waals surface area contributed by atoms with Crippen LogP contribution in [-0.2, 0) is 9.59 Å². The minimum atomic E-state index is -0.421. The number of carbonyl (C=O) groups excluding carboxylic acids is 2. The molecule has 116 valence electrons. The fraction of sp³-hybridized carbons (Fsp3) is 0.867. The molecule has 1 rings (SSSR count). The molecule has 1 aliphatic rings. The maximum atomic E-state index is 12.2. The highest BCUT2D eigenvalue weighted by molar-refractivity contribution is 5.88. The fourth-order valence-corrected chi connectivity index (χ4v) is 2.94. The van der Waals surface area contributed by atoms with Gasteiger partial charge in [-0.25, -0.2) is 0 Å². The number of ketones is 1. The Morgan fingerprint density at radius 3 is 2.50 bits per heavy atom. The van der Waals surface area contributed by atoms with Crippen molar-refractivity contribution in [1.29, 1.82) is 0 Å². The molecule has 1 fully saturated rings. The summed E-state index contributed by atoms with van der Waals surface area (Å²) in [6, 6.07) is -0.0732. The molecule has 0 aromatic heterocycles. The summed E-state index contributed by atoms with van der Waals surface area (Å²) < 4.78 is 0. The molecule has 1 amide bonds. The smallest absolute Gasteiger partial charge is 0.234 e. The first-order valence-corrected chi connectivity index (χ1v) is 7.53.